The predicted octanol–water partition coefficient (Wildman–Crippen LogP) is 1.33. The maximum Gasteiger partial charge on any atom is 0.331 e. The van der Waals surface area contributed by atoms with E-state index in [0.29, 0.717) is 5.69 Å². The molecule has 1 aromatic carbocycles. The summed E-state index contributed by atoms with van der Waals surface area (Å²) in [7, 11) is 0. The van der Waals surface area contributed by atoms with Gasteiger partial charge in [0.15, 0.2) is 5.75 Å². The van der Waals surface area contributed by atoms with Gasteiger partial charge in [0.2, 0.25) is 5.91 Å². The van der Waals surface area contributed by atoms with E-state index < -0.39 is 10.9 Å². The van der Waals surface area contributed by atoms with Crippen molar-refractivity contribution in [2.24, 2.45) is 0 Å². The number of amides is 1. The van der Waals surface area contributed by atoms with Crippen LogP contribution in [0.15, 0.2) is 18.2 Å². The van der Waals surface area contributed by atoms with Gasteiger partial charge in [0.1, 0.15) is 6.54 Å². The van der Waals surface area contributed by atoms with Gasteiger partial charge in [-0.15, -0.1) is 0 Å². The van der Waals surface area contributed by atoms with Gasteiger partial charge in [0.05, 0.1) is 23.2 Å². The summed E-state index contributed by atoms with van der Waals surface area (Å²) in [6.07, 6.45) is 3.12. The van der Waals surface area contributed by atoms with E-state index in [1.54, 1.807) is 9.80 Å². The number of hydrogen-bond donors (Lipinski definition) is 0. The van der Waals surface area contributed by atoms with Crippen LogP contribution in [0, 0.1) is 10.1 Å². The number of rotatable bonds is 3. The monoisotopic (exact) mass is 319 g/mol. The van der Waals surface area contributed by atoms with Crippen LogP contribution in [0.5, 0.6) is 5.75 Å². The highest BCUT2D eigenvalue weighted by molar-refractivity contribution is 5.89. The number of carbonyl (C=O) groups excluding carboxylic acids is 2. The van der Waals surface area contributed by atoms with Crippen molar-refractivity contribution in [3.63, 3.8) is 0 Å². The topological polar surface area (TPSA) is 93.0 Å². The molecule has 0 radical (unpaired) electrons. The van der Waals surface area contributed by atoms with Crippen LogP contribution in [0.1, 0.15) is 19.3 Å². The molecule has 2 aliphatic rings. The smallest absolute Gasteiger partial charge is 0.331 e. The van der Waals surface area contributed by atoms with Crippen LogP contribution in [0.25, 0.3) is 0 Å². The lowest BCUT2D eigenvalue weighted by atomic mass is 10.1. The van der Waals surface area contributed by atoms with Gasteiger partial charge in [-0.25, -0.2) is 4.79 Å². The summed E-state index contributed by atoms with van der Waals surface area (Å²) in [4.78, 5) is 37.8. The van der Waals surface area contributed by atoms with Gasteiger partial charge in [-0.05, 0) is 25.3 Å². The molecular weight excluding hydrogens is 302 g/mol. The standard InChI is InChI=1S/C15H17N3O5/c19-14(16-6-2-1-3-7-16)9-17-10-15(20)23-13-8-11(18(21)22)4-5-12(13)17/h4-5,8H,1-3,6-7,9-10H2. The van der Waals surface area contributed by atoms with Crippen LogP contribution in [-0.4, -0.2) is 47.9 Å². The largest absolute Gasteiger partial charge is 0.423 e. The van der Waals surface area contributed by atoms with E-state index in [-0.39, 0.29) is 30.4 Å². The first kappa shape index (κ1) is 15.3. The molecule has 0 aromatic heterocycles. The summed E-state index contributed by atoms with van der Waals surface area (Å²) in [6.45, 7) is 1.51. The molecule has 8 heteroatoms. The number of hydrogen-bond acceptors (Lipinski definition) is 6. The van der Waals surface area contributed by atoms with E-state index in [9.17, 15) is 19.7 Å². The van der Waals surface area contributed by atoms with Crippen LogP contribution >= 0.6 is 0 Å². The molecule has 0 saturated carbocycles. The number of non-ortho nitro benzene ring substituents is 1. The van der Waals surface area contributed by atoms with Crippen molar-refractivity contribution >= 4 is 23.3 Å². The Labute approximate surface area is 132 Å². The Morgan fingerprint density at radius 3 is 2.70 bits per heavy atom. The van der Waals surface area contributed by atoms with Crippen molar-refractivity contribution in [3.05, 3.63) is 28.3 Å². The Morgan fingerprint density at radius 2 is 2.00 bits per heavy atom. The van der Waals surface area contributed by atoms with Crippen molar-refractivity contribution in [3.8, 4) is 5.75 Å². The lowest BCUT2D eigenvalue weighted by molar-refractivity contribution is -0.384. The average molecular weight is 319 g/mol. The predicted molar refractivity (Wildman–Crippen MR) is 81.4 cm³/mol. The second kappa shape index (κ2) is 6.23. The Bertz CT molecular complexity index is 655. The van der Waals surface area contributed by atoms with Crippen LogP contribution in [-0.2, 0) is 9.59 Å². The summed E-state index contributed by atoms with van der Waals surface area (Å²) in [5, 5.41) is 10.8. The number of ether oxygens (including phenoxy) is 1. The van der Waals surface area contributed by atoms with Crippen molar-refractivity contribution < 1.29 is 19.2 Å². The Balaban J connectivity index is 1.79. The number of fused-ring (bicyclic) bond motifs is 1. The third-order valence-corrected chi connectivity index (χ3v) is 4.07. The van der Waals surface area contributed by atoms with Crippen LogP contribution < -0.4 is 9.64 Å². The minimum Gasteiger partial charge on any atom is -0.423 e. The number of nitro groups is 1. The van der Waals surface area contributed by atoms with Crippen LogP contribution in [0.3, 0.4) is 0 Å². The second-order valence-electron chi connectivity index (χ2n) is 5.68. The molecule has 0 spiro atoms. The molecular formula is C15H17N3O5. The zero-order valence-electron chi connectivity index (χ0n) is 12.6. The quantitative estimate of drug-likeness (QED) is 0.361. The molecule has 0 unspecified atom stereocenters. The summed E-state index contributed by atoms with van der Waals surface area (Å²) in [5.41, 5.74) is 0.376. The Hall–Kier alpha value is -2.64. The fraction of sp³-hybridized carbons (Fsp3) is 0.467. The van der Waals surface area contributed by atoms with E-state index in [4.69, 9.17) is 4.74 Å². The van der Waals surface area contributed by atoms with Gasteiger partial charge in [-0.1, -0.05) is 0 Å². The van der Waals surface area contributed by atoms with Crippen LogP contribution in [0.4, 0.5) is 11.4 Å². The number of likely N-dealkylation sites (tertiary alicyclic amines) is 1. The molecule has 1 aromatic rings. The van der Waals surface area contributed by atoms with Crippen molar-refractivity contribution in [2.75, 3.05) is 31.1 Å². The minimum absolute atomic E-state index is 0.0373. The number of carbonyl (C=O) groups is 2. The molecule has 0 bridgehead atoms. The number of piperidine rings is 1. The lowest BCUT2D eigenvalue weighted by Crippen LogP contribution is -2.46. The van der Waals surface area contributed by atoms with E-state index >= 15 is 0 Å². The van der Waals surface area contributed by atoms with Crippen molar-refractivity contribution in [1.29, 1.82) is 0 Å². The second-order valence-corrected chi connectivity index (χ2v) is 5.68. The molecule has 0 N–H and O–H groups in total. The van der Waals surface area contributed by atoms with E-state index in [2.05, 4.69) is 0 Å². The van der Waals surface area contributed by atoms with Crippen molar-refractivity contribution in [1.82, 2.24) is 4.90 Å². The number of esters is 1. The molecule has 1 amide bonds. The number of anilines is 1. The van der Waals surface area contributed by atoms with Gasteiger partial charge >= 0.3 is 5.97 Å². The maximum absolute atomic E-state index is 12.4. The Kier molecular flexibility index (Phi) is 4.14. The summed E-state index contributed by atoms with van der Waals surface area (Å²) >= 11 is 0. The highest BCUT2D eigenvalue weighted by atomic mass is 16.6. The van der Waals surface area contributed by atoms with Crippen LogP contribution in [0.2, 0.25) is 0 Å². The first-order valence-corrected chi connectivity index (χ1v) is 7.56. The van der Waals surface area contributed by atoms with Gasteiger partial charge in [-0.2, -0.15) is 0 Å². The fourth-order valence-electron chi connectivity index (χ4n) is 2.90. The fourth-order valence-corrected chi connectivity index (χ4v) is 2.90. The third-order valence-electron chi connectivity index (χ3n) is 4.07. The molecule has 1 fully saturated rings. The molecule has 0 atom stereocenters. The molecule has 23 heavy (non-hydrogen) atoms. The first-order chi connectivity index (χ1) is 11.0. The van der Waals surface area contributed by atoms with Crippen molar-refractivity contribution in [2.45, 2.75) is 19.3 Å². The maximum atomic E-state index is 12.4. The third kappa shape index (κ3) is 3.25. The molecule has 2 aliphatic heterocycles. The van der Waals surface area contributed by atoms with E-state index in [0.717, 1.165) is 32.4 Å². The van der Waals surface area contributed by atoms with Gasteiger partial charge in [-0.3, -0.25) is 14.9 Å². The van der Waals surface area contributed by atoms with Gasteiger partial charge in [0.25, 0.3) is 5.69 Å². The normalized spacial score (nSPS) is 17.5. The van der Waals surface area contributed by atoms with E-state index in [1.807, 2.05) is 0 Å². The minimum atomic E-state index is -0.550. The molecule has 1 saturated heterocycles. The number of nitrogens with zero attached hydrogens (tertiary/aromatic N) is 3. The zero-order chi connectivity index (χ0) is 16.4. The number of benzene rings is 1. The summed E-state index contributed by atoms with van der Waals surface area (Å²) in [5.74, 6) is -0.435. The van der Waals surface area contributed by atoms with Gasteiger partial charge in [0, 0.05) is 19.2 Å². The average Bonchev–Trinajstić information content (AvgIpc) is 2.54. The highest BCUT2D eigenvalue weighted by Gasteiger charge is 2.29. The molecule has 0 aliphatic carbocycles. The number of nitro benzene ring substituents is 1. The zero-order valence-corrected chi connectivity index (χ0v) is 12.6. The Morgan fingerprint density at radius 1 is 1.26 bits per heavy atom. The SMILES string of the molecule is O=C1CN(CC(=O)N2CCCCC2)c2ccc([N+](=O)[O-])cc2O1. The molecule has 2 heterocycles. The molecule has 122 valence electrons. The summed E-state index contributed by atoms with van der Waals surface area (Å²) < 4.78 is 5.07. The molecule has 8 nitrogen and oxygen atoms in total. The first-order valence-electron chi connectivity index (χ1n) is 7.56. The van der Waals surface area contributed by atoms with E-state index in [1.165, 1.54) is 18.2 Å². The van der Waals surface area contributed by atoms with Gasteiger partial charge < -0.3 is 14.5 Å². The lowest BCUT2D eigenvalue weighted by Gasteiger charge is -2.32. The summed E-state index contributed by atoms with van der Waals surface area (Å²) in [6, 6.07) is 4.07. The highest BCUT2D eigenvalue weighted by Crippen LogP contribution is 2.35. The molecule has 3 rings (SSSR count).